The van der Waals surface area contributed by atoms with E-state index in [1.165, 1.54) is 17.4 Å². The zero-order chi connectivity index (χ0) is 14.1. The van der Waals surface area contributed by atoms with Gasteiger partial charge in [-0.3, -0.25) is 0 Å². The van der Waals surface area contributed by atoms with Crippen LogP contribution in [0.2, 0.25) is 0 Å². The Morgan fingerprint density at radius 3 is 2.95 bits per heavy atom. The zero-order valence-electron chi connectivity index (χ0n) is 10.5. The quantitative estimate of drug-likeness (QED) is 0.803. The van der Waals surface area contributed by atoms with Crippen LogP contribution in [0, 0.1) is 12.7 Å². The molecule has 0 saturated heterocycles. The summed E-state index contributed by atoms with van der Waals surface area (Å²) in [5, 5.41) is 16.3. The Balaban J connectivity index is 1.88. The summed E-state index contributed by atoms with van der Waals surface area (Å²) in [6, 6.07) is 3.56. The predicted octanol–water partition coefficient (Wildman–Crippen LogP) is 2.94. The van der Waals surface area contributed by atoms with Crippen LogP contribution in [0.15, 0.2) is 28.1 Å². The second-order valence-electron chi connectivity index (χ2n) is 4.24. The highest BCUT2D eigenvalue weighted by Gasteiger charge is 2.14. The number of hydrogen-bond donors (Lipinski definition) is 1. The normalized spacial score (nSPS) is 10.9. The van der Waals surface area contributed by atoms with Gasteiger partial charge in [0.2, 0.25) is 0 Å². The van der Waals surface area contributed by atoms with Gasteiger partial charge in [-0.1, -0.05) is 5.16 Å². The van der Waals surface area contributed by atoms with E-state index in [4.69, 9.17) is 4.52 Å². The highest BCUT2D eigenvalue weighted by atomic mass is 32.1. The van der Waals surface area contributed by atoms with Crippen molar-refractivity contribution in [1.82, 2.24) is 15.1 Å². The maximum absolute atomic E-state index is 13.2. The molecule has 1 N–H and O–H groups in total. The second kappa shape index (κ2) is 5.01. The summed E-state index contributed by atoms with van der Waals surface area (Å²) in [5.74, 6) is -0.0527. The lowest BCUT2D eigenvalue weighted by molar-refractivity contribution is 0.418. The molecule has 1 aromatic carbocycles. The van der Waals surface area contributed by atoms with Gasteiger partial charge in [-0.15, -0.1) is 11.3 Å². The Hall–Kier alpha value is -2.28. The molecule has 0 bridgehead atoms. The minimum atomic E-state index is -0.479. The van der Waals surface area contributed by atoms with E-state index in [0.29, 0.717) is 12.2 Å². The molecule has 0 atom stereocenters. The molecule has 0 fully saturated rings. The van der Waals surface area contributed by atoms with E-state index in [1.54, 1.807) is 0 Å². The number of thiazole rings is 1. The molecule has 0 aliphatic heterocycles. The van der Waals surface area contributed by atoms with Crippen molar-refractivity contribution in [3.8, 4) is 17.2 Å². The average molecular weight is 291 g/mol. The largest absolute Gasteiger partial charge is 0.507 e. The number of aryl methyl sites for hydroxylation is 1. The van der Waals surface area contributed by atoms with E-state index in [1.807, 2.05) is 12.3 Å². The van der Waals surface area contributed by atoms with Gasteiger partial charge in [0.15, 0.2) is 5.82 Å². The summed E-state index contributed by atoms with van der Waals surface area (Å²) < 4.78 is 18.2. The van der Waals surface area contributed by atoms with Crippen molar-refractivity contribution in [2.24, 2.45) is 0 Å². The number of aromatic nitrogens is 3. The number of rotatable bonds is 3. The molecule has 102 valence electrons. The molecule has 2 heterocycles. The van der Waals surface area contributed by atoms with Crippen LogP contribution in [-0.2, 0) is 6.42 Å². The minimum Gasteiger partial charge on any atom is -0.507 e. The Kier molecular flexibility index (Phi) is 3.19. The van der Waals surface area contributed by atoms with Crippen molar-refractivity contribution in [2.75, 3.05) is 0 Å². The third kappa shape index (κ3) is 2.53. The summed E-state index contributed by atoms with van der Waals surface area (Å²) in [6.45, 7) is 1.91. The summed E-state index contributed by atoms with van der Waals surface area (Å²) in [6.07, 6.45) is 0.443. The fraction of sp³-hybridized carbons (Fsp3) is 0.154. The van der Waals surface area contributed by atoms with E-state index in [0.717, 1.165) is 22.8 Å². The second-order valence-corrected chi connectivity index (χ2v) is 5.18. The van der Waals surface area contributed by atoms with Gasteiger partial charge >= 0.3 is 0 Å². The number of halogens is 1. The molecule has 20 heavy (non-hydrogen) atoms. The summed E-state index contributed by atoms with van der Waals surface area (Å²) in [5.41, 5.74) is 1.12. The predicted molar refractivity (Wildman–Crippen MR) is 71.0 cm³/mol. The number of nitrogens with zero attached hydrogens (tertiary/aromatic N) is 3. The Labute approximate surface area is 117 Å². The van der Waals surface area contributed by atoms with Gasteiger partial charge < -0.3 is 9.63 Å². The van der Waals surface area contributed by atoms with Gasteiger partial charge in [0, 0.05) is 11.1 Å². The highest BCUT2D eigenvalue weighted by molar-refractivity contribution is 7.09. The van der Waals surface area contributed by atoms with Gasteiger partial charge in [0.05, 0.1) is 12.0 Å². The van der Waals surface area contributed by atoms with Crippen molar-refractivity contribution in [3.63, 3.8) is 0 Å². The number of hydrogen-bond acceptors (Lipinski definition) is 6. The lowest BCUT2D eigenvalue weighted by atomic mass is 10.2. The molecular weight excluding hydrogens is 281 g/mol. The molecule has 3 aromatic rings. The summed E-state index contributed by atoms with van der Waals surface area (Å²) >= 11 is 1.51. The molecule has 0 unspecified atom stereocenters. The first-order valence-corrected chi connectivity index (χ1v) is 6.72. The lowest BCUT2D eigenvalue weighted by Gasteiger charge is -1.98. The van der Waals surface area contributed by atoms with Gasteiger partial charge in [0.1, 0.15) is 16.6 Å². The molecule has 2 aromatic heterocycles. The molecule has 0 aliphatic rings. The molecule has 7 heteroatoms. The highest BCUT2D eigenvalue weighted by Crippen LogP contribution is 2.28. The van der Waals surface area contributed by atoms with Crippen LogP contribution in [0.3, 0.4) is 0 Å². The smallest absolute Gasteiger partial charge is 0.261 e. The maximum atomic E-state index is 13.2. The zero-order valence-corrected chi connectivity index (χ0v) is 11.3. The Morgan fingerprint density at radius 1 is 1.35 bits per heavy atom. The van der Waals surface area contributed by atoms with Crippen LogP contribution < -0.4 is 0 Å². The fourth-order valence-electron chi connectivity index (χ4n) is 1.73. The van der Waals surface area contributed by atoms with Gasteiger partial charge in [-0.05, 0) is 25.1 Å². The van der Waals surface area contributed by atoms with E-state index >= 15 is 0 Å². The van der Waals surface area contributed by atoms with Crippen molar-refractivity contribution in [2.45, 2.75) is 13.3 Å². The van der Waals surface area contributed by atoms with Gasteiger partial charge in [-0.25, -0.2) is 9.37 Å². The molecule has 0 amide bonds. The number of benzene rings is 1. The molecule has 3 rings (SSSR count). The molecule has 0 aliphatic carbocycles. The molecule has 0 saturated carbocycles. The van der Waals surface area contributed by atoms with Crippen LogP contribution in [0.1, 0.15) is 16.5 Å². The van der Waals surface area contributed by atoms with Crippen molar-refractivity contribution < 1.29 is 14.0 Å². The van der Waals surface area contributed by atoms with Crippen LogP contribution in [0.5, 0.6) is 5.75 Å². The van der Waals surface area contributed by atoms with Crippen molar-refractivity contribution in [3.05, 3.63) is 45.9 Å². The van der Waals surface area contributed by atoms with E-state index < -0.39 is 5.82 Å². The third-order valence-corrected chi connectivity index (χ3v) is 3.60. The van der Waals surface area contributed by atoms with Crippen molar-refractivity contribution in [1.29, 1.82) is 0 Å². The van der Waals surface area contributed by atoms with Gasteiger partial charge in [0.25, 0.3) is 5.89 Å². The lowest BCUT2D eigenvalue weighted by Crippen LogP contribution is -1.90. The van der Waals surface area contributed by atoms with E-state index in [-0.39, 0.29) is 17.2 Å². The molecular formula is C13H10FN3O2S. The minimum absolute atomic E-state index is 0.0882. The molecule has 0 radical (unpaired) electrons. The maximum Gasteiger partial charge on any atom is 0.261 e. The first-order chi connectivity index (χ1) is 9.61. The number of aromatic hydroxyl groups is 1. The monoisotopic (exact) mass is 291 g/mol. The van der Waals surface area contributed by atoms with Gasteiger partial charge in [-0.2, -0.15) is 4.98 Å². The SMILES string of the molecule is Cc1csc(Cc2noc(-c3cc(F)ccc3O)n2)n1. The first kappa shape index (κ1) is 12.7. The Bertz CT molecular complexity index is 754. The standard InChI is InChI=1S/C13H10FN3O2S/c1-7-6-20-12(15-7)5-11-16-13(19-17-11)9-4-8(14)2-3-10(9)18/h2-4,6,18H,5H2,1H3. The topological polar surface area (TPSA) is 72.0 Å². The third-order valence-electron chi connectivity index (χ3n) is 2.63. The van der Waals surface area contributed by atoms with Crippen LogP contribution in [0.25, 0.3) is 11.5 Å². The molecule has 5 nitrogen and oxygen atoms in total. The first-order valence-electron chi connectivity index (χ1n) is 5.84. The van der Waals surface area contributed by atoms with Crippen LogP contribution in [0.4, 0.5) is 4.39 Å². The van der Waals surface area contributed by atoms with E-state index in [2.05, 4.69) is 15.1 Å². The fourth-order valence-corrected chi connectivity index (χ4v) is 2.50. The molecule has 0 spiro atoms. The van der Waals surface area contributed by atoms with Crippen molar-refractivity contribution >= 4 is 11.3 Å². The van der Waals surface area contributed by atoms with Crippen LogP contribution in [-0.4, -0.2) is 20.2 Å². The average Bonchev–Trinajstić information content (AvgIpc) is 3.02. The summed E-state index contributed by atoms with van der Waals surface area (Å²) in [7, 11) is 0. The number of phenols is 1. The van der Waals surface area contributed by atoms with Crippen LogP contribution >= 0.6 is 11.3 Å². The Morgan fingerprint density at radius 2 is 2.20 bits per heavy atom. The van der Waals surface area contributed by atoms with E-state index in [9.17, 15) is 9.50 Å². The summed E-state index contributed by atoms with van der Waals surface area (Å²) in [4.78, 5) is 8.46. The number of phenolic OH excluding ortho intramolecular Hbond substituents is 1.